The average molecular weight is 715 g/mol. The SMILES string of the molecule is C/C=C(C)/C(=C\c1c(C)cccc1CC)c1ccc(/C=C/c2ccc(/C=C/c3ccc(C=C(Cc4ccccc4)c4c(C)cccc4CC)cc3)cc2)cc1. The van der Waals surface area contributed by atoms with E-state index < -0.39 is 0 Å². The van der Waals surface area contributed by atoms with Crippen molar-refractivity contribution in [3.63, 3.8) is 0 Å². The zero-order valence-corrected chi connectivity index (χ0v) is 33.4. The normalized spacial score (nSPS) is 12.6. The van der Waals surface area contributed by atoms with Gasteiger partial charge in [0, 0.05) is 0 Å². The summed E-state index contributed by atoms with van der Waals surface area (Å²) in [5.74, 6) is 0. The molecular weight excluding hydrogens is 661 g/mol. The second-order valence-corrected chi connectivity index (χ2v) is 14.4. The van der Waals surface area contributed by atoms with Crippen LogP contribution in [-0.2, 0) is 19.3 Å². The summed E-state index contributed by atoms with van der Waals surface area (Å²) in [6, 6.07) is 50.7. The van der Waals surface area contributed by atoms with Crippen LogP contribution in [0.25, 0.3) is 47.6 Å². The highest BCUT2D eigenvalue weighted by Gasteiger charge is 2.12. The largest absolute Gasteiger partial charge is 0.0841 e. The van der Waals surface area contributed by atoms with Crippen molar-refractivity contribution in [2.75, 3.05) is 0 Å². The Balaban J connectivity index is 1.13. The molecule has 0 aliphatic rings. The second kappa shape index (κ2) is 18.9. The minimum Gasteiger partial charge on any atom is -0.0841 e. The second-order valence-electron chi connectivity index (χ2n) is 14.4. The molecule has 0 fully saturated rings. The van der Waals surface area contributed by atoms with Gasteiger partial charge in [0.25, 0.3) is 0 Å². The molecule has 0 aliphatic heterocycles. The highest BCUT2D eigenvalue weighted by atomic mass is 14.2. The molecule has 55 heavy (non-hydrogen) atoms. The minimum absolute atomic E-state index is 0.904. The van der Waals surface area contributed by atoms with Gasteiger partial charge in [-0.15, -0.1) is 0 Å². The van der Waals surface area contributed by atoms with Crippen LogP contribution in [0, 0.1) is 13.8 Å². The Labute approximate surface area is 330 Å². The molecule has 6 rings (SSSR count). The van der Waals surface area contributed by atoms with Gasteiger partial charge in [-0.2, -0.15) is 0 Å². The third-order valence-corrected chi connectivity index (χ3v) is 10.6. The molecule has 0 radical (unpaired) electrons. The van der Waals surface area contributed by atoms with E-state index in [1.807, 2.05) is 0 Å². The molecule has 0 saturated carbocycles. The van der Waals surface area contributed by atoms with Crippen LogP contribution in [0.15, 0.2) is 151 Å². The van der Waals surface area contributed by atoms with Gasteiger partial charge in [0.15, 0.2) is 0 Å². The first-order valence-electron chi connectivity index (χ1n) is 19.8. The molecular formula is C55H54. The van der Waals surface area contributed by atoms with Crippen molar-refractivity contribution in [3.05, 3.63) is 224 Å². The van der Waals surface area contributed by atoms with Crippen molar-refractivity contribution < 1.29 is 0 Å². The molecule has 6 aromatic rings. The van der Waals surface area contributed by atoms with E-state index in [1.54, 1.807) is 0 Å². The number of benzene rings is 6. The lowest BCUT2D eigenvalue weighted by molar-refractivity contribution is 1.11. The molecule has 274 valence electrons. The summed E-state index contributed by atoms with van der Waals surface area (Å²) in [5, 5.41) is 0. The summed E-state index contributed by atoms with van der Waals surface area (Å²) in [6.45, 7) is 13.2. The monoisotopic (exact) mass is 714 g/mol. The van der Waals surface area contributed by atoms with E-state index in [9.17, 15) is 0 Å². The third-order valence-electron chi connectivity index (χ3n) is 10.6. The summed E-state index contributed by atoms with van der Waals surface area (Å²) < 4.78 is 0. The van der Waals surface area contributed by atoms with E-state index in [4.69, 9.17) is 0 Å². The van der Waals surface area contributed by atoms with Gasteiger partial charge in [-0.1, -0.05) is 190 Å². The lowest BCUT2D eigenvalue weighted by Crippen LogP contribution is -1.99. The van der Waals surface area contributed by atoms with E-state index in [0.717, 1.165) is 19.3 Å². The van der Waals surface area contributed by atoms with E-state index in [2.05, 4.69) is 224 Å². The van der Waals surface area contributed by atoms with Crippen molar-refractivity contribution in [1.29, 1.82) is 0 Å². The van der Waals surface area contributed by atoms with Crippen LogP contribution in [0.5, 0.6) is 0 Å². The fourth-order valence-corrected chi connectivity index (χ4v) is 7.27. The summed E-state index contributed by atoms with van der Waals surface area (Å²) in [5.41, 5.74) is 20.6. The van der Waals surface area contributed by atoms with E-state index in [0.29, 0.717) is 0 Å². The highest BCUT2D eigenvalue weighted by Crippen LogP contribution is 2.31. The van der Waals surface area contributed by atoms with E-state index >= 15 is 0 Å². The molecule has 0 saturated heterocycles. The molecule has 0 heterocycles. The maximum atomic E-state index is 2.37. The number of allylic oxidation sites excluding steroid dienone is 4. The Morgan fingerprint density at radius 1 is 0.491 bits per heavy atom. The van der Waals surface area contributed by atoms with Gasteiger partial charge in [-0.05, 0) is 142 Å². The van der Waals surface area contributed by atoms with Crippen LogP contribution in [0.2, 0.25) is 0 Å². The number of hydrogen-bond acceptors (Lipinski definition) is 0. The average Bonchev–Trinajstić information content (AvgIpc) is 3.22. The Kier molecular flexibility index (Phi) is 13.3. The topological polar surface area (TPSA) is 0 Å². The zero-order valence-electron chi connectivity index (χ0n) is 33.4. The molecule has 0 aliphatic carbocycles. The minimum atomic E-state index is 0.904. The lowest BCUT2D eigenvalue weighted by Gasteiger charge is -2.16. The van der Waals surface area contributed by atoms with Gasteiger partial charge in [0.05, 0.1) is 0 Å². The summed E-state index contributed by atoms with van der Waals surface area (Å²) in [4.78, 5) is 0. The standard InChI is InChI=1S/C55H54/c1-7-40(4)53(39-54-41(5)15-13-19-49(54)8-2)51-35-33-46(34-36-51)28-27-44-23-21-43(22-24-44)25-26-45-29-31-48(32-30-45)38-52(37-47-17-11-10-12-18-47)55-42(6)16-14-20-50(55)9-3/h7,10-36,38-39H,8-9,37H2,1-6H3/b26-25+,28-27+,40-7+,52-38?,53-39+. The van der Waals surface area contributed by atoms with Gasteiger partial charge in [0.1, 0.15) is 0 Å². The predicted octanol–water partition coefficient (Wildman–Crippen LogP) is 15.1. The fraction of sp³-hybridized carbons (Fsp3) is 0.164. The van der Waals surface area contributed by atoms with Crippen LogP contribution in [0.4, 0.5) is 0 Å². The molecule has 0 N–H and O–H groups in total. The molecule has 0 unspecified atom stereocenters. The van der Waals surface area contributed by atoms with E-state index in [-0.39, 0.29) is 0 Å². The summed E-state index contributed by atoms with van der Waals surface area (Å²) in [6.07, 6.45) is 18.7. The molecule has 0 nitrogen and oxygen atoms in total. The van der Waals surface area contributed by atoms with Crippen molar-refractivity contribution in [3.8, 4) is 0 Å². The Hall–Kier alpha value is -5.98. The Morgan fingerprint density at radius 3 is 1.51 bits per heavy atom. The first kappa shape index (κ1) is 38.7. The number of aryl methyl sites for hydroxylation is 4. The first-order valence-corrected chi connectivity index (χ1v) is 19.8. The van der Waals surface area contributed by atoms with Crippen molar-refractivity contribution >= 4 is 47.6 Å². The van der Waals surface area contributed by atoms with Crippen molar-refractivity contribution in [1.82, 2.24) is 0 Å². The molecule has 0 heteroatoms. The van der Waals surface area contributed by atoms with Gasteiger partial charge in [-0.3, -0.25) is 0 Å². The molecule has 0 spiro atoms. The van der Waals surface area contributed by atoms with Crippen LogP contribution in [0.3, 0.4) is 0 Å². The van der Waals surface area contributed by atoms with Crippen molar-refractivity contribution in [2.45, 2.75) is 60.8 Å². The van der Waals surface area contributed by atoms with Crippen LogP contribution in [-0.4, -0.2) is 0 Å². The maximum absolute atomic E-state index is 2.37. The van der Waals surface area contributed by atoms with Gasteiger partial charge in [0.2, 0.25) is 0 Å². The van der Waals surface area contributed by atoms with Crippen LogP contribution >= 0.6 is 0 Å². The van der Waals surface area contributed by atoms with Crippen molar-refractivity contribution in [2.24, 2.45) is 0 Å². The molecule has 0 amide bonds. The summed E-state index contributed by atoms with van der Waals surface area (Å²) >= 11 is 0. The maximum Gasteiger partial charge on any atom is -0.00194 e. The number of hydrogen-bond donors (Lipinski definition) is 0. The van der Waals surface area contributed by atoms with Gasteiger partial charge < -0.3 is 0 Å². The first-order chi connectivity index (χ1) is 26.8. The van der Waals surface area contributed by atoms with Crippen LogP contribution in [0.1, 0.15) is 100 Å². The quantitative estimate of drug-likeness (QED) is 0.0825. The highest BCUT2D eigenvalue weighted by molar-refractivity contribution is 5.92. The van der Waals surface area contributed by atoms with Crippen LogP contribution < -0.4 is 0 Å². The number of rotatable bonds is 13. The fourth-order valence-electron chi connectivity index (χ4n) is 7.27. The lowest BCUT2D eigenvalue weighted by atomic mass is 9.88. The predicted molar refractivity (Wildman–Crippen MR) is 244 cm³/mol. The van der Waals surface area contributed by atoms with Gasteiger partial charge in [-0.25, -0.2) is 0 Å². The smallest absolute Gasteiger partial charge is 0.00194 e. The molecule has 6 aromatic carbocycles. The summed E-state index contributed by atoms with van der Waals surface area (Å²) in [7, 11) is 0. The van der Waals surface area contributed by atoms with Gasteiger partial charge >= 0.3 is 0 Å². The Bertz CT molecular complexity index is 2340. The Morgan fingerprint density at radius 2 is 0.982 bits per heavy atom. The zero-order chi connectivity index (χ0) is 38.6. The third kappa shape index (κ3) is 10.2. The molecule has 0 bridgehead atoms. The van der Waals surface area contributed by atoms with E-state index in [1.165, 1.54) is 89.0 Å². The molecule has 0 aromatic heterocycles. The molecule has 0 atom stereocenters.